The number of carboxylic acid groups (broad SMARTS) is 1. The Morgan fingerprint density at radius 3 is 2.33 bits per heavy atom. The molecule has 2 unspecified atom stereocenters. The van der Waals surface area contributed by atoms with Gasteiger partial charge in [-0.25, -0.2) is 9.18 Å². The van der Waals surface area contributed by atoms with Crippen molar-refractivity contribution < 1.29 is 14.3 Å². The summed E-state index contributed by atoms with van der Waals surface area (Å²) >= 11 is 0. The van der Waals surface area contributed by atoms with Crippen LogP contribution in [0.1, 0.15) is 42.1 Å². The molecule has 2 aliphatic heterocycles. The minimum absolute atomic E-state index is 0.153. The van der Waals surface area contributed by atoms with Crippen molar-refractivity contribution in [1.82, 2.24) is 9.47 Å². The largest absolute Gasteiger partial charge is 0.477 e. The van der Waals surface area contributed by atoms with E-state index in [1.807, 2.05) is 4.57 Å². The van der Waals surface area contributed by atoms with Crippen LogP contribution in [-0.4, -0.2) is 52.8 Å². The van der Waals surface area contributed by atoms with E-state index in [2.05, 4.69) is 16.8 Å². The third kappa shape index (κ3) is 2.56. The predicted octanol–water partition coefficient (Wildman–Crippen LogP) is 2.46. The van der Waals surface area contributed by atoms with E-state index in [1.54, 1.807) is 6.07 Å². The van der Waals surface area contributed by atoms with Crippen LogP contribution < -0.4 is 10.3 Å². The van der Waals surface area contributed by atoms with Gasteiger partial charge in [-0.05, 0) is 44.9 Å². The number of carbonyl (C=O) groups is 1. The Morgan fingerprint density at radius 1 is 1.11 bits per heavy atom. The third-order valence-electron chi connectivity index (χ3n) is 6.46. The van der Waals surface area contributed by atoms with Crippen molar-refractivity contribution in [1.29, 1.82) is 0 Å². The Morgan fingerprint density at radius 2 is 1.74 bits per heavy atom. The van der Waals surface area contributed by atoms with Crippen LogP contribution >= 0.6 is 0 Å². The molecule has 142 valence electrons. The van der Waals surface area contributed by atoms with Crippen molar-refractivity contribution in [3.8, 4) is 0 Å². The molecule has 5 rings (SSSR count). The van der Waals surface area contributed by atoms with Crippen LogP contribution in [0.5, 0.6) is 0 Å². The van der Waals surface area contributed by atoms with E-state index in [-0.39, 0.29) is 17.0 Å². The molecule has 0 spiro atoms. The number of benzene rings is 1. The summed E-state index contributed by atoms with van der Waals surface area (Å²) < 4.78 is 16.8. The van der Waals surface area contributed by atoms with E-state index < -0.39 is 17.2 Å². The molecule has 2 bridgehead atoms. The van der Waals surface area contributed by atoms with Crippen molar-refractivity contribution in [2.24, 2.45) is 0 Å². The minimum Gasteiger partial charge on any atom is -0.477 e. The van der Waals surface area contributed by atoms with Gasteiger partial charge in [-0.3, -0.25) is 9.69 Å². The lowest BCUT2D eigenvalue weighted by molar-refractivity contribution is 0.0695. The zero-order valence-corrected chi connectivity index (χ0v) is 15.2. The second kappa shape index (κ2) is 5.79. The fraction of sp³-hybridized carbons (Fsp3) is 0.500. The second-order valence-electron chi connectivity index (χ2n) is 8.09. The third-order valence-corrected chi connectivity index (χ3v) is 6.46. The van der Waals surface area contributed by atoms with Gasteiger partial charge in [0.05, 0.1) is 11.2 Å². The number of carboxylic acids is 1. The van der Waals surface area contributed by atoms with E-state index in [0.717, 1.165) is 38.8 Å². The van der Waals surface area contributed by atoms with Gasteiger partial charge in [0.25, 0.3) is 0 Å². The van der Waals surface area contributed by atoms with Gasteiger partial charge in [0, 0.05) is 42.8 Å². The maximum Gasteiger partial charge on any atom is 0.341 e. The topological polar surface area (TPSA) is 65.8 Å². The number of hydrogen-bond acceptors (Lipinski definition) is 4. The Hall–Kier alpha value is -2.41. The summed E-state index contributed by atoms with van der Waals surface area (Å²) in [7, 11) is 2.13. The number of likely N-dealkylation sites (N-methyl/N-ethyl adjacent to an activating group) is 1. The number of anilines is 1. The van der Waals surface area contributed by atoms with Crippen molar-refractivity contribution in [3.05, 3.63) is 39.9 Å². The van der Waals surface area contributed by atoms with E-state index in [4.69, 9.17) is 0 Å². The van der Waals surface area contributed by atoms with Crippen molar-refractivity contribution >= 4 is 22.6 Å². The molecule has 2 saturated heterocycles. The average Bonchev–Trinajstić information content (AvgIpc) is 3.44. The van der Waals surface area contributed by atoms with Crippen LogP contribution in [0.4, 0.5) is 10.1 Å². The summed E-state index contributed by atoms with van der Waals surface area (Å²) in [6.45, 7) is 1.55. The maximum absolute atomic E-state index is 15.0. The van der Waals surface area contributed by atoms with Gasteiger partial charge >= 0.3 is 5.97 Å². The first-order chi connectivity index (χ1) is 12.9. The van der Waals surface area contributed by atoms with Gasteiger partial charge in [0.15, 0.2) is 0 Å². The first-order valence-corrected chi connectivity index (χ1v) is 9.52. The van der Waals surface area contributed by atoms with Gasteiger partial charge in [0.2, 0.25) is 5.43 Å². The smallest absolute Gasteiger partial charge is 0.341 e. The van der Waals surface area contributed by atoms with Crippen LogP contribution in [0.15, 0.2) is 23.1 Å². The second-order valence-corrected chi connectivity index (χ2v) is 8.09. The Bertz CT molecular complexity index is 1000. The first-order valence-electron chi connectivity index (χ1n) is 9.52. The van der Waals surface area contributed by atoms with E-state index in [9.17, 15) is 19.1 Å². The molecule has 1 aromatic heterocycles. The molecule has 2 atom stereocenters. The summed E-state index contributed by atoms with van der Waals surface area (Å²) in [4.78, 5) is 28.5. The van der Waals surface area contributed by atoms with Crippen molar-refractivity contribution in [2.75, 3.05) is 25.0 Å². The summed E-state index contributed by atoms with van der Waals surface area (Å²) in [6, 6.07) is 4.03. The molecule has 1 N–H and O–H groups in total. The number of pyridine rings is 1. The van der Waals surface area contributed by atoms with Crippen LogP contribution in [0.25, 0.3) is 10.9 Å². The number of hydrogen-bond donors (Lipinski definition) is 1. The molecule has 27 heavy (non-hydrogen) atoms. The Kier molecular flexibility index (Phi) is 3.59. The lowest BCUT2D eigenvalue weighted by Crippen LogP contribution is -2.52. The quantitative estimate of drug-likeness (QED) is 0.898. The highest BCUT2D eigenvalue weighted by Gasteiger charge is 2.38. The fourth-order valence-electron chi connectivity index (χ4n) is 4.72. The molecule has 1 saturated carbocycles. The fourth-order valence-corrected chi connectivity index (χ4v) is 4.72. The Balaban J connectivity index is 1.66. The monoisotopic (exact) mass is 371 g/mol. The molecule has 6 nitrogen and oxygen atoms in total. The molecular formula is C20H22FN3O3. The molecule has 7 heteroatoms. The average molecular weight is 371 g/mol. The molecule has 0 radical (unpaired) electrons. The number of piperazine rings is 1. The van der Waals surface area contributed by atoms with Gasteiger partial charge in [-0.2, -0.15) is 0 Å². The lowest BCUT2D eigenvalue weighted by Gasteiger charge is -2.40. The molecule has 1 aromatic carbocycles. The number of rotatable bonds is 3. The molecule has 3 fully saturated rings. The highest BCUT2D eigenvalue weighted by molar-refractivity contribution is 5.93. The number of nitrogens with zero attached hydrogens (tertiary/aromatic N) is 3. The Labute approximate surface area is 155 Å². The highest BCUT2D eigenvalue weighted by atomic mass is 19.1. The van der Waals surface area contributed by atoms with Crippen molar-refractivity contribution in [2.45, 2.75) is 43.8 Å². The number of aromatic carboxylic acids is 1. The molecule has 1 aliphatic carbocycles. The first kappa shape index (κ1) is 16.7. The van der Waals surface area contributed by atoms with Crippen LogP contribution in [-0.2, 0) is 0 Å². The van der Waals surface area contributed by atoms with Crippen LogP contribution in [0.3, 0.4) is 0 Å². The van der Waals surface area contributed by atoms with E-state index >= 15 is 0 Å². The zero-order valence-electron chi connectivity index (χ0n) is 15.2. The minimum atomic E-state index is -1.27. The predicted molar refractivity (Wildman–Crippen MR) is 100 cm³/mol. The summed E-state index contributed by atoms with van der Waals surface area (Å²) in [5, 5.41) is 9.50. The number of halogens is 1. The molecule has 3 aliphatic rings. The van der Waals surface area contributed by atoms with Gasteiger partial charge < -0.3 is 14.6 Å². The van der Waals surface area contributed by atoms with E-state index in [1.165, 1.54) is 12.3 Å². The molecular weight excluding hydrogens is 349 g/mol. The maximum atomic E-state index is 15.0. The number of fused-ring (bicyclic) bond motifs is 3. The molecule has 0 amide bonds. The SMILES string of the molecule is CN1C2CCC1CN(c1cc3c(cc1F)c(=O)c(C(=O)O)cn3C1CC1)C2. The molecule has 3 heterocycles. The van der Waals surface area contributed by atoms with Crippen LogP contribution in [0.2, 0.25) is 0 Å². The highest BCUT2D eigenvalue weighted by Crippen LogP contribution is 2.39. The van der Waals surface area contributed by atoms with Gasteiger partial charge in [0.1, 0.15) is 11.4 Å². The lowest BCUT2D eigenvalue weighted by atomic mass is 10.1. The summed E-state index contributed by atoms with van der Waals surface area (Å²) in [5.74, 6) is -1.72. The van der Waals surface area contributed by atoms with E-state index in [0.29, 0.717) is 23.3 Å². The summed E-state index contributed by atoms with van der Waals surface area (Å²) in [6.07, 6.45) is 5.58. The normalized spacial score (nSPS) is 25.3. The molecule has 2 aromatic rings. The van der Waals surface area contributed by atoms with Crippen molar-refractivity contribution in [3.63, 3.8) is 0 Å². The van der Waals surface area contributed by atoms with Gasteiger partial charge in [-0.15, -0.1) is 0 Å². The van der Waals surface area contributed by atoms with Crippen LogP contribution in [0, 0.1) is 5.82 Å². The number of aromatic nitrogens is 1. The summed E-state index contributed by atoms with van der Waals surface area (Å²) in [5.41, 5.74) is 0.247. The van der Waals surface area contributed by atoms with Gasteiger partial charge in [-0.1, -0.05) is 0 Å². The zero-order chi connectivity index (χ0) is 18.9. The standard InChI is InChI=1S/C20H22FN3O3/c1-22-12-4-5-13(22)9-23(8-12)18-7-17-14(6-16(18)21)19(25)15(20(26)27)10-24(17)11-2-3-11/h6-7,10-13H,2-5,8-9H2,1H3,(H,26,27).